The number of imide groups is 1. The van der Waals surface area contributed by atoms with Crippen molar-refractivity contribution in [3.05, 3.63) is 12.7 Å². The zero-order valence-corrected chi connectivity index (χ0v) is 12.1. The minimum atomic E-state index is -0.959. The van der Waals surface area contributed by atoms with E-state index in [1.165, 1.54) is 0 Å². The van der Waals surface area contributed by atoms with Crippen LogP contribution in [0.25, 0.3) is 0 Å². The van der Waals surface area contributed by atoms with Gasteiger partial charge in [-0.2, -0.15) is 0 Å². The molecule has 1 saturated heterocycles. The maximum absolute atomic E-state index is 11.7. The molecular weight excluding hydrogens is 274 g/mol. The fraction of sp³-hybridized carbons (Fsp3) is 0.667. The van der Waals surface area contributed by atoms with Gasteiger partial charge in [0.05, 0.1) is 0 Å². The number of amides is 2. The molecule has 0 spiro atoms. The monoisotopic (exact) mass is 295 g/mol. The molecular formula is C15H21NO5. The van der Waals surface area contributed by atoms with Crippen molar-refractivity contribution in [1.82, 2.24) is 5.06 Å². The van der Waals surface area contributed by atoms with Crippen LogP contribution in [0.2, 0.25) is 0 Å². The summed E-state index contributed by atoms with van der Waals surface area (Å²) in [5.41, 5.74) is 0. The molecule has 2 fully saturated rings. The molecule has 0 aromatic rings. The molecule has 0 radical (unpaired) electrons. The number of allylic oxidation sites excluding steroid dienone is 1. The molecule has 2 atom stereocenters. The molecule has 0 aromatic carbocycles. The highest BCUT2D eigenvalue weighted by molar-refractivity contribution is 6.01. The van der Waals surface area contributed by atoms with Crippen molar-refractivity contribution in [3.63, 3.8) is 0 Å². The standard InChI is InChI=1S/C15H21NO5/c1-2-3-4-6-11-7-5-8-12(11)20-15(19)21-16-13(17)9-10-14(16)18/h2,11-12H,1,3-10H2/t11-,12-/m1/s1. The van der Waals surface area contributed by atoms with E-state index in [0.29, 0.717) is 11.0 Å². The molecule has 116 valence electrons. The van der Waals surface area contributed by atoms with Gasteiger partial charge in [0.15, 0.2) is 0 Å². The Bertz CT molecular complexity index is 418. The Morgan fingerprint density at radius 3 is 2.67 bits per heavy atom. The first kappa shape index (κ1) is 15.5. The Labute approximate surface area is 124 Å². The summed E-state index contributed by atoms with van der Waals surface area (Å²) in [6.45, 7) is 3.69. The van der Waals surface area contributed by atoms with Crippen molar-refractivity contribution in [1.29, 1.82) is 0 Å². The third-order valence-corrected chi connectivity index (χ3v) is 3.99. The van der Waals surface area contributed by atoms with Crippen molar-refractivity contribution in [2.24, 2.45) is 5.92 Å². The van der Waals surface area contributed by atoms with Crippen LogP contribution in [0.15, 0.2) is 12.7 Å². The lowest BCUT2D eigenvalue weighted by Crippen LogP contribution is -2.34. The number of hydroxylamine groups is 2. The van der Waals surface area contributed by atoms with Crippen LogP contribution in [-0.4, -0.2) is 29.1 Å². The maximum Gasteiger partial charge on any atom is 0.534 e. The molecule has 21 heavy (non-hydrogen) atoms. The van der Waals surface area contributed by atoms with E-state index in [4.69, 9.17) is 9.57 Å². The Morgan fingerprint density at radius 2 is 2.00 bits per heavy atom. The van der Waals surface area contributed by atoms with Gasteiger partial charge in [-0.1, -0.05) is 11.1 Å². The first-order valence-electron chi connectivity index (χ1n) is 7.47. The second-order valence-electron chi connectivity index (χ2n) is 5.49. The fourth-order valence-corrected chi connectivity index (χ4v) is 2.89. The second kappa shape index (κ2) is 7.24. The maximum atomic E-state index is 11.7. The lowest BCUT2D eigenvalue weighted by atomic mass is 9.98. The smallest absolute Gasteiger partial charge is 0.429 e. The van der Waals surface area contributed by atoms with Crippen LogP contribution in [0, 0.1) is 5.92 Å². The van der Waals surface area contributed by atoms with E-state index in [2.05, 4.69) is 6.58 Å². The first-order chi connectivity index (χ1) is 10.1. The largest absolute Gasteiger partial charge is 0.534 e. The number of hydrogen-bond acceptors (Lipinski definition) is 5. The van der Waals surface area contributed by atoms with Gasteiger partial charge in [-0.25, -0.2) is 4.79 Å². The molecule has 1 saturated carbocycles. The van der Waals surface area contributed by atoms with Gasteiger partial charge in [0.2, 0.25) is 0 Å². The molecule has 0 bridgehead atoms. The molecule has 2 aliphatic rings. The lowest BCUT2D eigenvalue weighted by Gasteiger charge is -2.20. The molecule has 0 unspecified atom stereocenters. The van der Waals surface area contributed by atoms with Crippen molar-refractivity contribution in [2.75, 3.05) is 0 Å². The molecule has 6 heteroatoms. The highest BCUT2D eigenvalue weighted by Gasteiger charge is 2.36. The Morgan fingerprint density at radius 1 is 1.29 bits per heavy atom. The molecule has 2 rings (SSSR count). The van der Waals surface area contributed by atoms with Gasteiger partial charge in [-0.05, 0) is 44.4 Å². The Balaban J connectivity index is 1.79. The van der Waals surface area contributed by atoms with Gasteiger partial charge >= 0.3 is 6.16 Å². The van der Waals surface area contributed by atoms with Gasteiger partial charge in [0, 0.05) is 12.8 Å². The van der Waals surface area contributed by atoms with E-state index in [1.54, 1.807) is 0 Å². The summed E-state index contributed by atoms with van der Waals surface area (Å²) in [6, 6.07) is 0. The van der Waals surface area contributed by atoms with E-state index in [9.17, 15) is 14.4 Å². The lowest BCUT2D eigenvalue weighted by molar-refractivity contribution is -0.179. The molecule has 1 aliphatic carbocycles. The van der Waals surface area contributed by atoms with Crippen molar-refractivity contribution >= 4 is 18.0 Å². The third kappa shape index (κ3) is 4.06. The quantitative estimate of drug-likeness (QED) is 0.326. The predicted octanol–water partition coefficient (Wildman–Crippen LogP) is 2.73. The minimum Gasteiger partial charge on any atom is -0.429 e. The summed E-state index contributed by atoms with van der Waals surface area (Å²) in [5.74, 6) is -0.667. The second-order valence-corrected chi connectivity index (χ2v) is 5.49. The average molecular weight is 295 g/mol. The number of nitrogens with zero attached hydrogens (tertiary/aromatic N) is 1. The van der Waals surface area contributed by atoms with E-state index >= 15 is 0 Å². The number of ether oxygens (including phenoxy) is 1. The van der Waals surface area contributed by atoms with Gasteiger partial charge in [-0.3, -0.25) is 14.4 Å². The number of carbonyl (C=O) groups is 3. The normalized spacial score (nSPS) is 25.2. The van der Waals surface area contributed by atoms with Gasteiger partial charge in [-0.15, -0.1) is 6.58 Å². The highest BCUT2D eigenvalue weighted by Crippen LogP contribution is 2.32. The highest BCUT2D eigenvalue weighted by atomic mass is 16.8. The van der Waals surface area contributed by atoms with E-state index in [0.717, 1.165) is 38.5 Å². The third-order valence-electron chi connectivity index (χ3n) is 3.99. The van der Waals surface area contributed by atoms with Crippen LogP contribution >= 0.6 is 0 Å². The van der Waals surface area contributed by atoms with Crippen LogP contribution in [0.1, 0.15) is 51.4 Å². The molecule has 0 aromatic heterocycles. The van der Waals surface area contributed by atoms with Crippen LogP contribution in [-0.2, 0) is 19.2 Å². The summed E-state index contributed by atoms with van der Waals surface area (Å²) >= 11 is 0. The number of rotatable bonds is 6. The van der Waals surface area contributed by atoms with Crippen LogP contribution < -0.4 is 0 Å². The molecule has 6 nitrogen and oxygen atoms in total. The van der Waals surface area contributed by atoms with Gasteiger partial charge in [0.1, 0.15) is 6.10 Å². The zero-order chi connectivity index (χ0) is 15.2. The summed E-state index contributed by atoms with van der Waals surface area (Å²) in [6.07, 6.45) is 6.69. The zero-order valence-electron chi connectivity index (χ0n) is 12.1. The topological polar surface area (TPSA) is 72.9 Å². The summed E-state index contributed by atoms with van der Waals surface area (Å²) in [4.78, 5) is 39.2. The van der Waals surface area contributed by atoms with Crippen molar-refractivity contribution in [2.45, 2.75) is 57.5 Å². The summed E-state index contributed by atoms with van der Waals surface area (Å²) in [5, 5.41) is 0.518. The molecule has 0 N–H and O–H groups in total. The van der Waals surface area contributed by atoms with Crippen molar-refractivity contribution < 1.29 is 24.0 Å². The molecule has 1 aliphatic heterocycles. The average Bonchev–Trinajstić information content (AvgIpc) is 3.01. The SMILES string of the molecule is C=CCCC[C@@H]1CCC[C@H]1OC(=O)ON1C(=O)CCC1=O. The molecule has 1 heterocycles. The number of unbranched alkanes of at least 4 members (excludes halogenated alkanes) is 1. The number of carbonyl (C=O) groups excluding carboxylic acids is 3. The number of hydrogen-bond donors (Lipinski definition) is 0. The van der Waals surface area contributed by atoms with Crippen LogP contribution in [0.4, 0.5) is 4.79 Å². The summed E-state index contributed by atoms with van der Waals surface area (Å²) in [7, 11) is 0. The molecule has 2 amide bonds. The van der Waals surface area contributed by atoms with Gasteiger partial charge in [0.25, 0.3) is 11.8 Å². The Hall–Kier alpha value is -1.85. The minimum absolute atomic E-state index is 0.0831. The predicted molar refractivity (Wildman–Crippen MR) is 73.8 cm³/mol. The van der Waals surface area contributed by atoms with Crippen molar-refractivity contribution in [3.8, 4) is 0 Å². The van der Waals surface area contributed by atoms with Gasteiger partial charge < -0.3 is 4.74 Å². The van der Waals surface area contributed by atoms with E-state index in [-0.39, 0.29) is 18.9 Å². The fourth-order valence-electron chi connectivity index (χ4n) is 2.89. The van der Waals surface area contributed by atoms with Crippen LogP contribution in [0.3, 0.4) is 0 Å². The first-order valence-corrected chi connectivity index (χ1v) is 7.47. The van der Waals surface area contributed by atoms with E-state index in [1.807, 2.05) is 6.08 Å². The van der Waals surface area contributed by atoms with Crippen LogP contribution in [0.5, 0.6) is 0 Å². The van der Waals surface area contributed by atoms with E-state index < -0.39 is 18.0 Å². The summed E-state index contributed by atoms with van der Waals surface area (Å²) < 4.78 is 5.28. The Kier molecular flexibility index (Phi) is 5.36.